The van der Waals surface area contributed by atoms with Crippen LogP contribution in [-0.4, -0.2) is 12.5 Å². The minimum atomic E-state index is -0.0515. The largest absolute Gasteiger partial charge is 0.399 e. The van der Waals surface area contributed by atoms with Crippen molar-refractivity contribution >= 4 is 33.2 Å². The fourth-order valence-electron chi connectivity index (χ4n) is 2.06. The Balaban J connectivity index is 2.36. The molecule has 2 rings (SSSR count). The molecular formula is C16H17BrN2O. The highest BCUT2D eigenvalue weighted by atomic mass is 79.9. The van der Waals surface area contributed by atoms with Gasteiger partial charge in [0.25, 0.3) is 5.91 Å². The molecule has 104 valence electrons. The van der Waals surface area contributed by atoms with Crippen molar-refractivity contribution < 1.29 is 4.79 Å². The lowest BCUT2D eigenvalue weighted by molar-refractivity contribution is 0.0988. The summed E-state index contributed by atoms with van der Waals surface area (Å²) in [4.78, 5) is 14.4. The first-order chi connectivity index (χ1) is 9.51. The standard InChI is InChI=1S/C16H17BrN2O/c1-3-19(15-6-4-11(2)5-7-15)16(20)12-8-13(17)10-14(18)9-12/h4-10H,3,18H2,1-2H3. The maximum atomic E-state index is 12.6. The van der Waals surface area contributed by atoms with Gasteiger partial charge in [0.1, 0.15) is 0 Å². The summed E-state index contributed by atoms with van der Waals surface area (Å²) in [5.41, 5.74) is 9.01. The third-order valence-electron chi connectivity index (χ3n) is 3.07. The van der Waals surface area contributed by atoms with Crippen LogP contribution in [0.15, 0.2) is 46.9 Å². The molecule has 0 spiro atoms. The normalized spacial score (nSPS) is 10.3. The fourth-order valence-corrected chi connectivity index (χ4v) is 2.57. The van der Waals surface area contributed by atoms with Gasteiger partial charge in [0, 0.05) is 28.0 Å². The van der Waals surface area contributed by atoms with Crippen molar-refractivity contribution in [3.05, 3.63) is 58.1 Å². The number of nitrogens with zero attached hydrogens (tertiary/aromatic N) is 1. The molecule has 2 aromatic carbocycles. The Labute approximate surface area is 127 Å². The Kier molecular flexibility index (Phi) is 4.45. The quantitative estimate of drug-likeness (QED) is 0.863. The van der Waals surface area contributed by atoms with Gasteiger partial charge in [0.05, 0.1) is 0 Å². The Morgan fingerprint density at radius 3 is 2.40 bits per heavy atom. The number of carbonyl (C=O) groups is 1. The third-order valence-corrected chi connectivity index (χ3v) is 3.53. The molecule has 2 aromatic rings. The molecule has 3 nitrogen and oxygen atoms in total. The lowest BCUT2D eigenvalue weighted by atomic mass is 10.1. The van der Waals surface area contributed by atoms with E-state index in [-0.39, 0.29) is 5.91 Å². The highest BCUT2D eigenvalue weighted by Gasteiger charge is 2.16. The van der Waals surface area contributed by atoms with Gasteiger partial charge in [0.15, 0.2) is 0 Å². The molecule has 2 N–H and O–H groups in total. The maximum absolute atomic E-state index is 12.6. The molecule has 0 radical (unpaired) electrons. The number of nitrogens with two attached hydrogens (primary N) is 1. The molecule has 0 heterocycles. The van der Waals surface area contributed by atoms with Crippen LogP contribution in [0.25, 0.3) is 0 Å². The first-order valence-corrected chi connectivity index (χ1v) is 7.25. The summed E-state index contributed by atoms with van der Waals surface area (Å²) in [6.07, 6.45) is 0. The second kappa shape index (κ2) is 6.09. The first kappa shape index (κ1) is 14.6. The molecule has 20 heavy (non-hydrogen) atoms. The number of rotatable bonds is 3. The molecule has 0 saturated carbocycles. The van der Waals surface area contributed by atoms with Gasteiger partial charge in [-0.1, -0.05) is 33.6 Å². The van der Waals surface area contributed by atoms with Gasteiger partial charge in [-0.2, -0.15) is 0 Å². The Hall–Kier alpha value is -1.81. The molecule has 0 aliphatic heterocycles. The predicted molar refractivity (Wildman–Crippen MR) is 87.1 cm³/mol. The van der Waals surface area contributed by atoms with Gasteiger partial charge in [0.2, 0.25) is 0 Å². The number of hydrogen-bond donors (Lipinski definition) is 1. The summed E-state index contributed by atoms with van der Waals surface area (Å²) in [5, 5.41) is 0. The summed E-state index contributed by atoms with van der Waals surface area (Å²) in [6.45, 7) is 4.59. The highest BCUT2D eigenvalue weighted by molar-refractivity contribution is 9.10. The summed E-state index contributed by atoms with van der Waals surface area (Å²) in [5.74, 6) is -0.0515. The van der Waals surface area contributed by atoms with E-state index < -0.39 is 0 Å². The molecule has 0 saturated heterocycles. The summed E-state index contributed by atoms with van der Waals surface area (Å²) in [6, 6.07) is 13.2. The number of halogens is 1. The molecule has 0 aliphatic carbocycles. The molecular weight excluding hydrogens is 316 g/mol. The zero-order valence-electron chi connectivity index (χ0n) is 11.6. The summed E-state index contributed by atoms with van der Waals surface area (Å²) in [7, 11) is 0. The van der Waals surface area contributed by atoms with Crippen LogP contribution in [0.2, 0.25) is 0 Å². The molecule has 0 atom stereocenters. The SMILES string of the molecule is CCN(C(=O)c1cc(N)cc(Br)c1)c1ccc(C)cc1. The van der Waals surface area contributed by atoms with Crippen molar-refractivity contribution in [2.45, 2.75) is 13.8 Å². The van der Waals surface area contributed by atoms with Crippen LogP contribution in [0.4, 0.5) is 11.4 Å². The molecule has 0 unspecified atom stereocenters. The van der Waals surface area contributed by atoms with Crippen LogP contribution < -0.4 is 10.6 Å². The van der Waals surface area contributed by atoms with Gasteiger partial charge >= 0.3 is 0 Å². The average molecular weight is 333 g/mol. The predicted octanol–water partition coefficient (Wildman–Crippen LogP) is 4.01. The second-order valence-electron chi connectivity index (χ2n) is 4.66. The first-order valence-electron chi connectivity index (χ1n) is 6.46. The zero-order chi connectivity index (χ0) is 14.7. The van der Waals surface area contributed by atoms with E-state index in [0.717, 1.165) is 10.2 Å². The van der Waals surface area contributed by atoms with Gasteiger partial charge in [-0.3, -0.25) is 4.79 Å². The molecule has 1 amide bonds. The molecule has 0 bridgehead atoms. The van der Waals surface area contributed by atoms with Crippen LogP contribution in [0.3, 0.4) is 0 Å². The van der Waals surface area contributed by atoms with E-state index in [4.69, 9.17) is 5.73 Å². The van der Waals surface area contributed by atoms with E-state index in [1.54, 1.807) is 23.1 Å². The Bertz CT molecular complexity index is 603. The zero-order valence-corrected chi connectivity index (χ0v) is 13.1. The summed E-state index contributed by atoms with van der Waals surface area (Å²) < 4.78 is 0.806. The number of hydrogen-bond acceptors (Lipinski definition) is 2. The van der Waals surface area contributed by atoms with Crippen LogP contribution in [0.5, 0.6) is 0 Å². The van der Waals surface area contributed by atoms with Crippen molar-refractivity contribution in [3.8, 4) is 0 Å². The van der Waals surface area contributed by atoms with Gasteiger partial charge in [-0.25, -0.2) is 0 Å². The number of carbonyl (C=O) groups excluding carboxylic acids is 1. The number of nitrogen functional groups attached to an aromatic ring is 1. The van der Waals surface area contributed by atoms with E-state index in [0.29, 0.717) is 17.8 Å². The van der Waals surface area contributed by atoms with Crippen LogP contribution in [0, 0.1) is 6.92 Å². The van der Waals surface area contributed by atoms with Gasteiger partial charge < -0.3 is 10.6 Å². The number of benzene rings is 2. The van der Waals surface area contributed by atoms with Crippen LogP contribution >= 0.6 is 15.9 Å². The fraction of sp³-hybridized carbons (Fsp3) is 0.188. The Morgan fingerprint density at radius 2 is 1.85 bits per heavy atom. The lowest BCUT2D eigenvalue weighted by Gasteiger charge is -2.21. The van der Waals surface area contributed by atoms with Crippen molar-refractivity contribution in [3.63, 3.8) is 0 Å². The topological polar surface area (TPSA) is 46.3 Å². The average Bonchev–Trinajstić information content (AvgIpc) is 2.40. The van der Waals surface area contributed by atoms with Crippen LogP contribution in [0.1, 0.15) is 22.8 Å². The van der Waals surface area contributed by atoms with Crippen molar-refractivity contribution in [2.24, 2.45) is 0 Å². The smallest absolute Gasteiger partial charge is 0.258 e. The third kappa shape index (κ3) is 3.20. The minimum absolute atomic E-state index is 0.0515. The Morgan fingerprint density at radius 1 is 1.20 bits per heavy atom. The molecule has 0 fully saturated rings. The van der Waals surface area contributed by atoms with E-state index >= 15 is 0 Å². The van der Waals surface area contributed by atoms with E-state index in [1.165, 1.54) is 5.56 Å². The molecule has 0 aromatic heterocycles. The van der Waals surface area contributed by atoms with E-state index in [9.17, 15) is 4.79 Å². The van der Waals surface area contributed by atoms with Gasteiger partial charge in [-0.15, -0.1) is 0 Å². The van der Waals surface area contributed by atoms with Crippen molar-refractivity contribution in [1.29, 1.82) is 0 Å². The molecule has 4 heteroatoms. The molecule has 0 aliphatic rings. The summed E-state index contributed by atoms with van der Waals surface area (Å²) >= 11 is 3.37. The monoisotopic (exact) mass is 332 g/mol. The number of amides is 1. The van der Waals surface area contributed by atoms with Crippen molar-refractivity contribution in [2.75, 3.05) is 17.2 Å². The maximum Gasteiger partial charge on any atom is 0.258 e. The van der Waals surface area contributed by atoms with E-state index in [1.807, 2.05) is 38.1 Å². The van der Waals surface area contributed by atoms with E-state index in [2.05, 4.69) is 15.9 Å². The minimum Gasteiger partial charge on any atom is -0.399 e. The lowest BCUT2D eigenvalue weighted by Crippen LogP contribution is -2.30. The highest BCUT2D eigenvalue weighted by Crippen LogP contribution is 2.22. The van der Waals surface area contributed by atoms with Crippen LogP contribution in [-0.2, 0) is 0 Å². The van der Waals surface area contributed by atoms with Crippen molar-refractivity contribution in [1.82, 2.24) is 0 Å². The number of anilines is 2. The van der Waals surface area contributed by atoms with Gasteiger partial charge in [-0.05, 0) is 44.2 Å². The second-order valence-corrected chi connectivity index (χ2v) is 5.57. The number of aryl methyl sites for hydroxylation is 1.